The van der Waals surface area contributed by atoms with Crippen molar-refractivity contribution in [1.82, 2.24) is 10.7 Å². The van der Waals surface area contributed by atoms with Crippen molar-refractivity contribution in [2.45, 2.75) is 19.4 Å². The van der Waals surface area contributed by atoms with Crippen LogP contribution in [-0.2, 0) is 16.1 Å². The Morgan fingerprint density at radius 3 is 2.76 bits per heavy atom. The molecule has 2 amide bonds. The minimum absolute atomic E-state index is 0.198. The Balaban J connectivity index is 2.01. The number of amides is 2. The highest BCUT2D eigenvalue weighted by molar-refractivity contribution is 6.39. The molecule has 0 spiro atoms. The lowest BCUT2D eigenvalue weighted by atomic mass is 10.1. The predicted octanol–water partition coefficient (Wildman–Crippen LogP) is 1.88. The molecule has 0 unspecified atom stereocenters. The summed E-state index contributed by atoms with van der Waals surface area (Å²) in [6.45, 7) is 0.203. The third kappa shape index (κ3) is 3.86. The van der Waals surface area contributed by atoms with Crippen molar-refractivity contribution in [3.8, 4) is 5.75 Å². The van der Waals surface area contributed by atoms with E-state index in [0.29, 0.717) is 27.8 Å². The van der Waals surface area contributed by atoms with Crippen molar-refractivity contribution in [2.75, 3.05) is 7.11 Å². The summed E-state index contributed by atoms with van der Waals surface area (Å²) in [5.41, 5.74) is 3.22. The molecular formula is C13H13Cl2N3O3. The molecule has 0 saturated carbocycles. The van der Waals surface area contributed by atoms with Crippen molar-refractivity contribution in [2.24, 2.45) is 5.10 Å². The highest BCUT2D eigenvalue weighted by Gasteiger charge is 2.18. The molecule has 1 aliphatic heterocycles. The van der Waals surface area contributed by atoms with Gasteiger partial charge in [0.15, 0.2) is 0 Å². The van der Waals surface area contributed by atoms with E-state index in [9.17, 15) is 9.59 Å². The van der Waals surface area contributed by atoms with Gasteiger partial charge in [0.2, 0.25) is 5.91 Å². The van der Waals surface area contributed by atoms with Gasteiger partial charge in [-0.05, 0) is 11.6 Å². The van der Waals surface area contributed by atoms with Crippen LogP contribution in [0, 0.1) is 0 Å². The molecule has 0 aromatic heterocycles. The average Bonchev–Trinajstić information content (AvgIpc) is 2.48. The van der Waals surface area contributed by atoms with Gasteiger partial charge in [-0.1, -0.05) is 23.2 Å². The van der Waals surface area contributed by atoms with Gasteiger partial charge < -0.3 is 10.1 Å². The van der Waals surface area contributed by atoms with E-state index in [0.717, 1.165) is 0 Å². The minimum atomic E-state index is -0.349. The maximum Gasteiger partial charge on any atom is 0.267 e. The van der Waals surface area contributed by atoms with E-state index in [-0.39, 0.29) is 30.5 Å². The number of hydrazone groups is 1. The molecule has 0 atom stereocenters. The lowest BCUT2D eigenvalue weighted by Gasteiger charge is -2.13. The molecule has 0 radical (unpaired) electrons. The second-order valence-electron chi connectivity index (χ2n) is 4.35. The molecule has 0 bridgehead atoms. The van der Waals surface area contributed by atoms with Crippen LogP contribution >= 0.6 is 23.2 Å². The number of halogens is 2. The summed E-state index contributed by atoms with van der Waals surface area (Å²) >= 11 is 12.1. The third-order valence-corrected chi connectivity index (χ3v) is 3.57. The molecule has 2 rings (SSSR count). The van der Waals surface area contributed by atoms with E-state index in [1.807, 2.05) is 0 Å². The Morgan fingerprint density at radius 2 is 2.14 bits per heavy atom. The quantitative estimate of drug-likeness (QED) is 0.885. The molecule has 1 aromatic rings. The Bertz CT molecular complexity index is 617. The van der Waals surface area contributed by atoms with Crippen LogP contribution in [0.4, 0.5) is 0 Å². The largest absolute Gasteiger partial charge is 0.495 e. The summed E-state index contributed by atoms with van der Waals surface area (Å²) in [7, 11) is 1.49. The first-order chi connectivity index (χ1) is 10.0. The number of ether oxygens (including phenoxy) is 1. The van der Waals surface area contributed by atoms with Crippen LogP contribution in [0.5, 0.6) is 5.75 Å². The molecule has 0 aliphatic carbocycles. The number of carbonyl (C=O) groups excluding carboxylic acids is 2. The first-order valence-corrected chi connectivity index (χ1v) is 6.92. The van der Waals surface area contributed by atoms with Gasteiger partial charge in [-0.2, -0.15) is 5.10 Å². The van der Waals surface area contributed by atoms with Gasteiger partial charge in [-0.15, -0.1) is 0 Å². The van der Waals surface area contributed by atoms with E-state index in [1.165, 1.54) is 7.11 Å². The van der Waals surface area contributed by atoms with Crippen LogP contribution in [0.3, 0.4) is 0 Å². The number of rotatable bonds is 4. The first kappa shape index (κ1) is 15.6. The zero-order valence-corrected chi connectivity index (χ0v) is 12.7. The SMILES string of the molecule is COc1cc(Cl)c(CNC(=O)C2=NNC(=O)CC2)cc1Cl. The van der Waals surface area contributed by atoms with E-state index >= 15 is 0 Å². The summed E-state index contributed by atoms with van der Waals surface area (Å²) in [4.78, 5) is 22.9. The van der Waals surface area contributed by atoms with Gasteiger partial charge >= 0.3 is 0 Å². The molecule has 21 heavy (non-hydrogen) atoms. The zero-order valence-electron chi connectivity index (χ0n) is 11.2. The lowest BCUT2D eigenvalue weighted by molar-refractivity contribution is -0.121. The van der Waals surface area contributed by atoms with E-state index in [4.69, 9.17) is 27.9 Å². The fourth-order valence-corrected chi connectivity index (χ4v) is 2.26. The number of carbonyl (C=O) groups is 2. The molecule has 2 N–H and O–H groups in total. The van der Waals surface area contributed by atoms with Gasteiger partial charge in [-0.3, -0.25) is 9.59 Å². The number of nitrogens with one attached hydrogen (secondary N) is 2. The van der Waals surface area contributed by atoms with Crippen molar-refractivity contribution in [3.05, 3.63) is 27.7 Å². The number of hydrogen-bond acceptors (Lipinski definition) is 4. The normalized spacial score (nSPS) is 14.2. The molecule has 6 nitrogen and oxygen atoms in total. The molecule has 8 heteroatoms. The van der Waals surface area contributed by atoms with Crippen LogP contribution < -0.4 is 15.5 Å². The molecule has 112 valence electrons. The minimum Gasteiger partial charge on any atom is -0.495 e. The van der Waals surface area contributed by atoms with Crippen molar-refractivity contribution in [3.63, 3.8) is 0 Å². The summed E-state index contributed by atoms with van der Waals surface area (Å²) < 4.78 is 5.05. The topological polar surface area (TPSA) is 79.8 Å². The fourth-order valence-electron chi connectivity index (χ4n) is 1.78. The standard InChI is InChI=1S/C13H13Cl2N3O3/c1-21-11-5-8(14)7(4-9(11)15)6-16-13(20)10-2-3-12(19)18-17-10/h4-5H,2-3,6H2,1H3,(H,16,20)(H,18,19). The molecule has 0 fully saturated rings. The molecule has 1 heterocycles. The Hall–Kier alpha value is -1.79. The van der Waals surface area contributed by atoms with Crippen LogP contribution in [0.25, 0.3) is 0 Å². The second kappa shape index (κ2) is 6.78. The fraction of sp³-hybridized carbons (Fsp3) is 0.308. The van der Waals surface area contributed by atoms with Crippen LogP contribution in [-0.4, -0.2) is 24.6 Å². The van der Waals surface area contributed by atoms with Crippen molar-refractivity contribution in [1.29, 1.82) is 0 Å². The Morgan fingerprint density at radius 1 is 1.38 bits per heavy atom. The lowest BCUT2D eigenvalue weighted by Crippen LogP contribution is -2.36. The predicted molar refractivity (Wildman–Crippen MR) is 79.7 cm³/mol. The highest BCUT2D eigenvalue weighted by atomic mass is 35.5. The van der Waals surface area contributed by atoms with Crippen LogP contribution in [0.15, 0.2) is 17.2 Å². The summed E-state index contributed by atoms with van der Waals surface area (Å²) in [5.74, 6) is -0.0781. The highest BCUT2D eigenvalue weighted by Crippen LogP contribution is 2.30. The zero-order chi connectivity index (χ0) is 15.4. The number of benzene rings is 1. The van der Waals surface area contributed by atoms with Gasteiger partial charge in [0.25, 0.3) is 5.91 Å². The van der Waals surface area contributed by atoms with Gasteiger partial charge in [0, 0.05) is 30.5 Å². The Labute approximate surface area is 131 Å². The summed E-state index contributed by atoms with van der Waals surface area (Å²) in [6.07, 6.45) is 0.566. The molecular weight excluding hydrogens is 317 g/mol. The van der Waals surface area contributed by atoms with Crippen molar-refractivity contribution >= 4 is 40.7 Å². The maximum atomic E-state index is 11.9. The first-order valence-electron chi connectivity index (χ1n) is 6.16. The summed E-state index contributed by atoms with van der Waals surface area (Å²) in [5, 5.41) is 7.25. The molecule has 1 aliphatic rings. The van der Waals surface area contributed by atoms with Gasteiger partial charge in [0.05, 0.1) is 12.1 Å². The third-order valence-electron chi connectivity index (χ3n) is 2.93. The molecule has 0 saturated heterocycles. The maximum absolute atomic E-state index is 11.9. The number of methoxy groups -OCH3 is 1. The summed E-state index contributed by atoms with van der Waals surface area (Å²) in [6, 6.07) is 3.22. The van der Waals surface area contributed by atoms with Crippen LogP contribution in [0.1, 0.15) is 18.4 Å². The average molecular weight is 330 g/mol. The van der Waals surface area contributed by atoms with Gasteiger partial charge in [0.1, 0.15) is 11.5 Å². The molecule has 1 aromatic carbocycles. The monoisotopic (exact) mass is 329 g/mol. The smallest absolute Gasteiger partial charge is 0.267 e. The van der Waals surface area contributed by atoms with E-state index in [2.05, 4.69) is 15.8 Å². The number of nitrogens with zero attached hydrogens (tertiary/aromatic N) is 1. The van der Waals surface area contributed by atoms with Crippen molar-refractivity contribution < 1.29 is 14.3 Å². The van der Waals surface area contributed by atoms with E-state index in [1.54, 1.807) is 12.1 Å². The van der Waals surface area contributed by atoms with Crippen LogP contribution in [0.2, 0.25) is 10.0 Å². The van der Waals surface area contributed by atoms with E-state index < -0.39 is 0 Å². The van der Waals surface area contributed by atoms with Gasteiger partial charge in [-0.25, -0.2) is 5.43 Å². The number of hydrogen-bond donors (Lipinski definition) is 2. The Kier molecular flexibility index (Phi) is 5.03. The second-order valence-corrected chi connectivity index (χ2v) is 5.17.